The number of rotatable bonds is 3. The Balaban J connectivity index is 1.40. The molecule has 0 aromatic heterocycles. The Morgan fingerprint density at radius 3 is 2.00 bits per heavy atom. The smallest absolute Gasteiger partial charge is 0.0201 e. The summed E-state index contributed by atoms with van der Waals surface area (Å²) in [7, 11) is 0. The number of hydrogen-bond donors (Lipinski definition) is 1. The summed E-state index contributed by atoms with van der Waals surface area (Å²) in [5, 5.41) is 0. The lowest BCUT2D eigenvalue weighted by Gasteiger charge is -2.56. The van der Waals surface area contributed by atoms with Gasteiger partial charge in [0.15, 0.2) is 0 Å². The van der Waals surface area contributed by atoms with E-state index < -0.39 is 0 Å². The summed E-state index contributed by atoms with van der Waals surface area (Å²) in [5.41, 5.74) is 6.69. The Kier molecular flexibility index (Phi) is 3.35. The molecule has 2 N–H and O–H groups in total. The third kappa shape index (κ3) is 2.35. The highest BCUT2D eigenvalue weighted by molar-refractivity contribution is 5.01. The number of nitrogens with zero attached hydrogens (tertiary/aromatic N) is 1. The van der Waals surface area contributed by atoms with Crippen LogP contribution in [0, 0.1) is 29.6 Å². The van der Waals surface area contributed by atoms with Crippen LogP contribution in [0.25, 0.3) is 0 Å². The van der Waals surface area contributed by atoms with Gasteiger partial charge in [0, 0.05) is 12.6 Å². The fraction of sp³-hybridized carbons (Fsp3) is 1.00. The van der Waals surface area contributed by atoms with E-state index in [4.69, 9.17) is 5.73 Å². The molecule has 4 aliphatic carbocycles. The minimum atomic E-state index is 0.466. The van der Waals surface area contributed by atoms with Crippen LogP contribution in [0.1, 0.15) is 51.4 Å². The molecule has 0 amide bonds. The second kappa shape index (κ2) is 5.04. The zero-order valence-electron chi connectivity index (χ0n) is 12.3. The van der Waals surface area contributed by atoms with Gasteiger partial charge in [0.05, 0.1) is 0 Å². The standard InChI is InChI=1S/C17H30N2/c18-16(11-19-4-2-1-3-5-19)17-14-7-12-6-13(9-14)10-15(17)8-12/h12-17H,1-11,18H2. The normalized spacial score (nSPS) is 47.5. The number of nitrogens with two attached hydrogens (primary N) is 1. The number of likely N-dealkylation sites (tertiary alicyclic amines) is 1. The molecule has 1 saturated heterocycles. The zero-order chi connectivity index (χ0) is 12.8. The highest BCUT2D eigenvalue weighted by Crippen LogP contribution is 2.57. The first-order valence-electron chi connectivity index (χ1n) is 8.77. The van der Waals surface area contributed by atoms with Gasteiger partial charge < -0.3 is 10.6 Å². The van der Waals surface area contributed by atoms with Crippen LogP contribution in [0.3, 0.4) is 0 Å². The van der Waals surface area contributed by atoms with Crippen molar-refractivity contribution < 1.29 is 0 Å². The maximum absolute atomic E-state index is 6.69. The first-order chi connectivity index (χ1) is 9.29. The van der Waals surface area contributed by atoms with Gasteiger partial charge in [0.25, 0.3) is 0 Å². The predicted molar refractivity (Wildman–Crippen MR) is 78.8 cm³/mol. The van der Waals surface area contributed by atoms with E-state index in [9.17, 15) is 0 Å². The van der Waals surface area contributed by atoms with Crippen LogP contribution in [-0.4, -0.2) is 30.6 Å². The number of piperidine rings is 1. The molecule has 0 aromatic rings. The van der Waals surface area contributed by atoms with Crippen molar-refractivity contribution in [2.45, 2.75) is 57.4 Å². The molecule has 2 nitrogen and oxygen atoms in total. The van der Waals surface area contributed by atoms with Crippen molar-refractivity contribution in [1.82, 2.24) is 4.90 Å². The number of hydrogen-bond acceptors (Lipinski definition) is 2. The van der Waals surface area contributed by atoms with E-state index in [1.807, 2.05) is 0 Å². The first kappa shape index (κ1) is 12.6. The predicted octanol–water partition coefficient (Wildman–Crippen LogP) is 2.87. The van der Waals surface area contributed by atoms with E-state index >= 15 is 0 Å². The third-order valence-corrected chi connectivity index (χ3v) is 6.71. The second-order valence-corrected chi connectivity index (χ2v) is 8.03. The highest BCUT2D eigenvalue weighted by Gasteiger charge is 2.49. The van der Waals surface area contributed by atoms with Crippen molar-refractivity contribution in [3.05, 3.63) is 0 Å². The Bertz CT molecular complexity index is 293. The molecule has 4 saturated carbocycles. The van der Waals surface area contributed by atoms with Crippen LogP contribution in [-0.2, 0) is 0 Å². The summed E-state index contributed by atoms with van der Waals surface area (Å²) < 4.78 is 0. The fourth-order valence-corrected chi connectivity index (χ4v) is 6.23. The Hall–Kier alpha value is -0.0800. The quantitative estimate of drug-likeness (QED) is 0.847. The van der Waals surface area contributed by atoms with Gasteiger partial charge in [0.1, 0.15) is 0 Å². The van der Waals surface area contributed by atoms with Gasteiger partial charge in [0.2, 0.25) is 0 Å². The van der Waals surface area contributed by atoms with Crippen LogP contribution >= 0.6 is 0 Å². The van der Waals surface area contributed by atoms with E-state index in [1.165, 1.54) is 64.6 Å². The van der Waals surface area contributed by atoms with E-state index in [-0.39, 0.29) is 0 Å². The van der Waals surface area contributed by atoms with Gasteiger partial charge in [-0.1, -0.05) is 6.42 Å². The fourth-order valence-electron chi connectivity index (χ4n) is 6.23. The Morgan fingerprint density at radius 2 is 1.42 bits per heavy atom. The van der Waals surface area contributed by atoms with Crippen LogP contribution in [0.4, 0.5) is 0 Å². The molecule has 1 atom stereocenters. The van der Waals surface area contributed by atoms with E-state index in [2.05, 4.69) is 4.90 Å². The largest absolute Gasteiger partial charge is 0.326 e. The third-order valence-electron chi connectivity index (χ3n) is 6.71. The van der Waals surface area contributed by atoms with Gasteiger partial charge in [-0.15, -0.1) is 0 Å². The van der Waals surface area contributed by atoms with Crippen molar-refractivity contribution in [3.8, 4) is 0 Å². The van der Waals surface area contributed by atoms with Crippen molar-refractivity contribution in [2.24, 2.45) is 35.3 Å². The minimum Gasteiger partial charge on any atom is -0.326 e. The van der Waals surface area contributed by atoms with Gasteiger partial charge in [-0.25, -0.2) is 0 Å². The second-order valence-electron chi connectivity index (χ2n) is 8.03. The minimum absolute atomic E-state index is 0.466. The average Bonchev–Trinajstić information content (AvgIpc) is 2.38. The molecule has 0 aromatic carbocycles. The molecule has 5 fully saturated rings. The summed E-state index contributed by atoms with van der Waals surface area (Å²) in [6, 6.07) is 0.466. The van der Waals surface area contributed by atoms with Gasteiger partial charge >= 0.3 is 0 Å². The molecule has 1 aliphatic heterocycles. The molecule has 2 heteroatoms. The molecular formula is C17H30N2. The maximum Gasteiger partial charge on any atom is 0.0201 e. The summed E-state index contributed by atoms with van der Waals surface area (Å²) >= 11 is 0. The Labute approximate surface area is 118 Å². The van der Waals surface area contributed by atoms with Crippen LogP contribution < -0.4 is 5.73 Å². The van der Waals surface area contributed by atoms with Crippen molar-refractivity contribution in [2.75, 3.05) is 19.6 Å². The molecule has 0 radical (unpaired) electrons. The monoisotopic (exact) mass is 262 g/mol. The molecule has 0 spiro atoms. The SMILES string of the molecule is NC(CN1CCCCC1)C1C2CC3CC(C2)CC1C3. The van der Waals surface area contributed by atoms with E-state index in [0.29, 0.717) is 6.04 Å². The first-order valence-corrected chi connectivity index (χ1v) is 8.77. The van der Waals surface area contributed by atoms with Crippen LogP contribution in [0.5, 0.6) is 0 Å². The molecule has 108 valence electrons. The molecule has 5 rings (SSSR count). The summed E-state index contributed by atoms with van der Waals surface area (Å²) in [4.78, 5) is 2.65. The van der Waals surface area contributed by atoms with Crippen molar-refractivity contribution in [3.63, 3.8) is 0 Å². The molecular weight excluding hydrogens is 232 g/mol. The van der Waals surface area contributed by atoms with E-state index in [1.54, 1.807) is 6.42 Å². The molecule has 5 aliphatic rings. The van der Waals surface area contributed by atoms with Crippen molar-refractivity contribution >= 4 is 0 Å². The van der Waals surface area contributed by atoms with Gasteiger partial charge in [-0.05, 0) is 87.6 Å². The Morgan fingerprint density at radius 1 is 0.842 bits per heavy atom. The molecule has 1 unspecified atom stereocenters. The van der Waals surface area contributed by atoms with Crippen molar-refractivity contribution in [1.29, 1.82) is 0 Å². The average molecular weight is 262 g/mol. The molecule has 19 heavy (non-hydrogen) atoms. The molecule has 4 bridgehead atoms. The van der Waals surface area contributed by atoms with E-state index in [0.717, 1.165) is 29.6 Å². The summed E-state index contributed by atoms with van der Waals surface area (Å²) in [6.07, 6.45) is 11.9. The lowest BCUT2D eigenvalue weighted by molar-refractivity contribution is -0.0508. The lowest BCUT2D eigenvalue weighted by Crippen LogP contribution is -2.55. The zero-order valence-corrected chi connectivity index (χ0v) is 12.3. The van der Waals surface area contributed by atoms with Crippen LogP contribution in [0.15, 0.2) is 0 Å². The lowest BCUT2D eigenvalue weighted by atomic mass is 9.50. The van der Waals surface area contributed by atoms with Gasteiger partial charge in [-0.3, -0.25) is 0 Å². The summed E-state index contributed by atoms with van der Waals surface area (Å²) in [5.74, 6) is 5.03. The topological polar surface area (TPSA) is 29.3 Å². The summed E-state index contributed by atoms with van der Waals surface area (Å²) in [6.45, 7) is 3.80. The highest BCUT2D eigenvalue weighted by atomic mass is 15.1. The van der Waals surface area contributed by atoms with Crippen LogP contribution in [0.2, 0.25) is 0 Å². The maximum atomic E-state index is 6.69. The molecule has 1 heterocycles. The van der Waals surface area contributed by atoms with Gasteiger partial charge in [-0.2, -0.15) is 0 Å².